The minimum absolute atomic E-state index is 0.0573. The number of para-hydroxylation sites is 1. The maximum atomic E-state index is 14.0. The van der Waals surface area contributed by atoms with Gasteiger partial charge in [0.25, 0.3) is 11.8 Å². The quantitative estimate of drug-likeness (QED) is 0.1000. The van der Waals surface area contributed by atoms with E-state index in [0.717, 1.165) is 27.3 Å². The van der Waals surface area contributed by atoms with Gasteiger partial charge in [-0.15, -0.1) is 0 Å². The summed E-state index contributed by atoms with van der Waals surface area (Å²) >= 11 is 12.3. The van der Waals surface area contributed by atoms with Crippen molar-refractivity contribution >= 4 is 41.1 Å². The van der Waals surface area contributed by atoms with Gasteiger partial charge in [-0.25, -0.2) is 4.68 Å². The molecular weight excluding hydrogens is 687 g/mol. The van der Waals surface area contributed by atoms with Crippen LogP contribution in [0.1, 0.15) is 23.6 Å². The van der Waals surface area contributed by atoms with Gasteiger partial charge >= 0.3 is 0 Å². The van der Waals surface area contributed by atoms with Crippen LogP contribution in [0.5, 0.6) is 17.2 Å². The third kappa shape index (κ3) is 7.53. The Labute approximate surface area is 305 Å². The van der Waals surface area contributed by atoms with Crippen LogP contribution in [0.15, 0.2) is 114 Å². The monoisotopic (exact) mass is 718 g/mol. The minimum atomic E-state index is -0.631. The predicted octanol–water partition coefficient (Wildman–Crippen LogP) is 8.28. The van der Waals surface area contributed by atoms with Crippen LogP contribution in [0.2, 0.25) is 10.0 Å². The lowest BCUT2D eigenvalue weighted by molar-refractivity contribution is -0.140. The summed E-state index contributed by atoms with van der Waals surface area (Å²) in [6.07, 6.45) is 3.86. The molecule has 51 heavy (non-hydrogen) atoms. The summed E-state index contributed by atoms with van der Waals surface area (Å²) in [5, 5.41) is 16.0. The first-order valence-electron chi connectivity index (χ1n) is 15.9. The van der Waals surface area contributed by atoms with Crippen LogP contribution in [-0.2, 0) is 22.6 Å². The second-order valence-electron chi connectivity index (χ2n) is 11.6. The van der Waals surface area contributed by atoms with Crippen molar-refractivity contribution in [2.45, 2.75) is 20.0 Å². The van der Waals surface area contributed by atoms with E-state index in [1.54, 1.807) is 56.2 Å². The number of nitrogens with zero attached hydrogens (tertiary/aromatic N) is 4. The van der Waals surface area contributed by atoms with Gasteiger partial charge in [-0.2, -0.15) is 10.4 Å². The molecule has 0 saturated heterocycles. The molecule has 0 spiro atoms. The number of methoxy groups -OCH3 is 2. The van der Waals surface area contributed by atoms with Crippen LogP contribution in [0, 0.1) is 11.3 Å². The molecule has 1 aliphatic rings. The van der Waals surface area contributed by atoms with E-state index in [1.807, 2.05) is 79.0 Å². The first-order valence-corrected chi connectivity index (χ1v) is 16.7. The smallest absolute Gasteiger partial charge is 0.271 e. The van der Waals surface area contributed by atoms with Gasteiger partial charge in [-0.1, -0.05) is 53.5 Å². The number of hydrogen-bond donors (Lipinski definition) is 0. The molecule has 6 rings (SSSR count). The van der Waals surface area contributed by atoms with Crippen LogP contribution in [-0.4, -0.2) is 47.3 Å². The van der Waals surface area contributed by atoms with E-state index in [2.05, 4.69) is 0 Å². The first-order chi connectivity index (χ1) is 24.7. The Hall–Kier alpha value is -5.82. The molecule has 0 aliphatic carbocycles. The molecule has 5 aromatic rings. The molecule has 1 aromatic heterocycles. The highest BCUT2D eigenvalue weighted by Crippen LogP contribution is 2.33. The van der Waals surface area contributed by atoms with E-state index in [0.29, 0.717) is 50.5 Å². The molecule has 11 heteroatoms. The Kier molecular flexibility index (Phi) is 10.6. The summed E-state index contributed by atoms with van der Waals surface area (Å²) in [5.74, 6) is 0.594. The number of ether oxygens (including phenoxy) is 3. The first kappa shape index (κ1) is 35.0. The van der Waals surface area contributed by atoms with Gasteiger partial charge in [0, 0.05) is 45.1 Å². The highest BCUT2D eigenvalue weighted by molar-refractivity contribution is 6.35. The van der Waals surface area contributed by atoms with Gasteiger partial charge in [0.2, 0.25) is 0 Å². The topological polar surface area (TPSA) is 107 Å². The van der Waals surface area contributed by atoms with Gasteiger partial charge in [0.05, 0.1) is 25.6 Å². The van der Waals surface area contributed by atoms with Crippen molar-refractivity contribution in [3.63, 3.8) is 0 Å². The Morgan fingerprint density at radius 3 is 2.31 bits per heavy atom. The van der Waals surface area contributed by atoms with Gasteiger partial charge in [0.15, 0.2) is 11.5 Å². The standard InChI is InChI=1S/C40H32Cl2N4O5/c1-25-33(39(47)45(40(48)34(25)22-43)18-17-26-9-16-36(49-2)37(19-26)50-3)20-29-23-46(31-7-5-4-6-8-31)44-38(29)27-11-14-32(15-12-27)51-24-28-10-13-30(41)21-35(28)42/h4-16,19-21,23H,17-18,24H2,1-3H3/b33-20+. The minimum Gasteiger partial charge on any atom is -0.493 e. The van der Waals surface area contributed by atoms with Crippen molar-refractivity contribution in [2.75, 3.05) is 20.8 Å². The summed E-state index contributed by atoms with van der Waals surface area (Å²) < 4.78 is 18.5. The molecule has 256 valence electrons. The van der Waals surface area contributed by atoms with Crippen molar-refractivity contribution in [3.8, 4) is 40.3 Å². The zero-order valence-corrected chi connectivity index (χ0v) is 29.5. The predicted molar refractivity (Wildman–Crippen MR) is 196 cm³/mol. The molecule has 0 radical (unpaired) electrons. The summed E-state index contributed by atoms with van der Waals surface area (Å²) in [6, 6.07) is 29.7. The molecule has 1 aliphatic heterocycles. The lowest BCUT2D eigenvalue weighted by Crippen LogP contribution is -2.43. The summed E-state index contributed by atoms with van der Waals surface area (Å²) in [4.78, 5) is 28.6. The van der Waals surface area contributed by atoms with Gasteiger partial charge < -0.3 is 14.2 Å². The normalized spacial score (nSPS) is 13.8. The largest absolute Gasteiger partial charge is 0.493 e. The fraction of sp³-hybridized carbons (Fsp3) is 0.150. The lowest BCUT2D eigenvalue weighted by atomic mass is 9.93. The molecular formula is C40H32Cl2N4O5. The fourth-order valence-corrected chi connectivity index (χ4v) is 6.17. The van der Waals surface area contributed by atoms with Crippen molar-refractivity contribution in [1.29, 1.82) is 5.26 Å². The second kappa shape index (κ2) is 15.4. The molecule has 9 nitrogen and oxygen atoms in total. The zero-order chi connectivity index (χ0) is 36.1. The summed E-state index contributed by atoms with van der Waals surface area (Å²) in [7, 11) is 3.09. The molecule has 0 saturated carbocycles. The number of imide groups is 1. The lowest BCUT2D eigenvalue weighted by Gasteiger charge is -2.27. The number of amides is 2. The van der Waals surface area contributed by atoms with E-state index < -0.39 is 11.8 Å². The van der Waals surface area contributed by atoms with E-state index >= 15 is 0 Å². The third-order valence-electron chi connectivity index (χ3n) is 8.50. The van der Waals surface area contributed by atoms with Crippen molar-refractivity contribution < 1.29 is 23.8 Å². The molecule has 0 bridgehead atoms. The highest BCUT2D eigenvalue weighted by atomic mass is 35.5. The van der Waals surface area contributed by atoms with Crippen molar-refractivity contribution in [1.82, 2.24) is 14.7 Å². The molecule has 0 N–H and O–H groups in total. The summed E-state index contributed by atoms with van der Waals surface area (Å²) in [5.41, 5.74) is 4.86. The SMILES string of the molecule is COc1ccc(CCN2C(=O)C(C#N)=C(C)/C(=C\c3cn(-c4ccccc4)nc3-c3ccc(OCc4ccc(Cl)cc4Cl)cc3)C2=O)cc1OC. The molecule has 0 fully saturated rings. The van der Waals surface area contributed by atoms with Crippen LogP contribution in [0.25, 0.3) is 23.0 Å². The van der Waals surface area contributed by atoms with Gasteiger partial charge in [-0.05, 0) is 91.2 Å². The van der Waals surface area contributed by atoms with Gasteiger partial charge in [0.1, 0.15) is 24.0 Å². The number of carbonyl (C=O) groups is 2. The molecule has 0 atom stereocenters. The average molecular weight is 720 g/mol. The number of nitriles is 1. The fourth-order valence-electron chi connectivity index (χ4n) is 5.70. The van der Waals surface area contributed by atoms with Crippen molar-refractivity contribution in [3.05, 3.63) is 141 Å². The number of carbonyl (C=O) groups excluding carboxylic acids is 2. The zero-order valence-electron chi connectivity index (χ0n) is 28.0. The Morgan fingerprint density at radius 1 is 0.882 bits per heavy atom. The van der Waals surface area contributed by atoms with Crippen LogP contribution < -0.4 is 14.2 Å². The second-order valence-corrected chi connectivity index (χ2v) is 12.5. The van der Waals surface area contributed by atoms with Gasteiger partial charge in [-0.3, -0.25) is 14.5 Å². The third-order valence-corrected chi connectivity index (χ3v) is 9.08. The molecule has 0 unspecified atom stereocenters. The summed E-state index contributed by atoms with van der Waals surface area (Å²) in [6.45, 7) is 1.93. The number of rotatable bonds is 11. The molecule has 4 aromatic carbocycles. The molecule has 2 amide bonds. The van der Waals surface area contributed by atoms with Crippen molar-refractivity contribution in [2.24, 2.45) is 0 Å². The maximum absolute atomic E-state index is 14.0. The van der Waals surface area contributed by atoms with Crippen LogP contribution in [0.3, 0.4) is 0 Å². The number of benzene rings is 4. The van der Waals surface area contributed by atoms with E-state index in [9.17, 15) is 14.9 Å². The number of halogens is 2. The average Bonchev–Trinajstić information content (AvgIpc) is 3.57. The highest BCUT2D eigenvalue weighted by Gasteiger charge is 2.35. The number of aromatic nitrogens is 2. The maximum Gasteiger partial charge on any atom is 0.271 e. The Bertz CT molecular complexity index is 2220. The molecule has 2 heterocycles. The van der Waals surface area contributed by atoms with E-state index in [4.69, 9.17) is 42.5 Å². The Morgan fingerprint density at radius 2 is 1.63 bits per heavy atom. The van der Waals surface area contributed by atoms with E-state index in [1.165, 1.54) is 0 Å². The van der Waals surface area contributed by atoms with Crippen LogP contribution in [0.4, 0.5) is 0 Å². The Balaban J connectivity index is 1.33. The number of hydrogen-bond acceptors (Lipinski definition) is 7. The van der Waals surface area contributed by atoms with Crippen LogP contribution >= 0.6 is 23.2 Å². The van der Waals surface area contributed by atoms with E-state index in [-0.39, 0.29) is 24.3 Å².